The van der Waals surface area contributed by atoms with E-state index >= 15 is 0 Å². The van der Waals surface area contributed by atoms with Gasteiger partial charge in [0.25, 0.3) is 0 Å². The summed E-state index contributed by atoms with van der Waals surface area (Å²) in [4.78, 5) is 30.8. The molecular formula is C21H29N3O3. The van der Waals surface area contributed by atoms with Crippen molar-refractivity contribution in [3.8, 4) is 0 Å². The van der Waals surface area contributed by atoms with Gasteiger partial charge in [0.1, 0.15) is 0 Å². The summed E-state index contributed by atoms with van der Waals surface area (Å²) >= 11 is 0. The summed E-state index contributed by atoms with van der Waals surface area (Å²) in [5.74, 6) is 0.248. The smallest absolute Gasteiger partial charge is 0.409 e. The maximum atomic E-state index is 12.6. The number of amides is 2. The molecule has 1 aromatic rings. The Morgan fingerprint density at radius 2 is 1.74 bits per heavy atom. The highest BCUT2D eigenvalue weighted by Crippen LogP contribution is 2.34. The predicted molar refractivity (Wildman–Crippen MR) is 104 cm³/mol. The summed E-state index contributed by atoms with van der Waals surface area (Å²) in [6.07, 6.45) is 5.55. The standard InChI is InChI=1S/C21H29N3O3/c1-27-21(26)23-11-4-6-17(8-14-23)22-12-9-18(10-13-22)24-19-7-3-2-5-16(19)15-20(24)25/h2-3,5,7,17-18H,4,6,8-15H2,1H3. The molecule has 3 aliphatic heterocycles. The van der Waals surface area contributed by atoms with E-state index in [4.69, 9.17) is 4.74 Å². The Kier molecular flexibility index (Phi) is 5.34. The van der Waals surface area contributed by atoms with E-state index in [0.717, 1.165) is 69.5 Å². The van der Waals surface area contributed by atoms with Gasteiger partial charge >= 0.3 is 6.09 Å². The second kappa shape index (κ2) is 7.89. The fourth-order valence-electron chi connectivity index (χ4n) is 4.94. The lowest BCUT2D eigenvalue weighted by atomic mass is 9.98. The Balaban J connectivity index is 1.34. The molecule has 0 aromatic heterocycles. The minimum Gasteiger partial charge on any atom is -0.453 e. The zero-order valence-electron chi connectivity index (χ0n) is 16.1. The van der Waals surface area contributed by atoms with Gasteiger partial charge < -0.3 is 19.4 Å². The summed E-state index contributed by atoms with van der Waals surface area (Å²) in [5, 5.41) is 0. The number of carbonyl (C=O) groups is 2. The van der Waals surface area contributed by atoms with Crippen molar-refractivity contribution >= 4 is 17.7 Å². The molecule has 0 radical (unpaired) electrons. The van der Waals surface area contributed by atoms with Crippen LogP contribution < -0.4 is 4.90 Å². The molecule has 0 bridgehead atoms. The van der Waals surface area contributed by atoms with Crippen molar-refractivity contribution in [2.45, 2.75) is 50.6 Å². The molecule has 3 heterocycles. The Labute approximate surface area is 161 Å². The molecule has 6 heteroatoms. The number of carbonyl (C=O) groups excluding carboxylic acids is 2. The maximum absolute atomic E-state index is 12.6. The number of nitrogens with zero attached hydrogens (tertiary/aromatic N) is 3. The number of ether oxygens (including phenoxy) is 1. The van der Waals surface area contributed by atoms with Crippen LogP contribution in [0.25, 0.3) is 0 Å². The molecule has 0 spiro atoms. The van der Waals surface area contributed by atoms with Crippen LogP contribution in [0.4, 0.5) is 10.5 Å². The summed E-state index contributed by atoms with van der Waals surface area (Å²) in [7, 11) is 1.45. The van der Waals surface area contributed by atoms with E-state index in [2.05, 4.69) is 21.9 Å². The van der Waals surface area contributed by atoms with Crippen molar-refractivity contribution < 1.29 is 14.3 Å². The number of para-hydroxylation sites is 1. The number of hydrogen-bond donors (Lipinski definition) is 0. The highest BCUT2D eigenvalue weighted by molar-refractivity contribution is 6.01. The minimum absolute atomic E-state index is 0.208. The number of piperidine rings is 1. The van der Waals surface area contributed by atoms with Crippen LogP contribution in [0.15, 0.2) is 24.3 Å². The van der Waals surface area contributed by atoms with Crippen LogP contribution in [0.1, 0.15) is 37.7 Å². The van der Waals surface area contributed by atoms with Crippen LogP contribution in [0.5, 0.6) is 0 Å². The third kappa shape index (κ3) is 3.68. The monoisotopic (exact) mass is 371 g/mol. The van der Waals surface area contributed by atoms with Crippen LogP contribution in [0, 0.1) is 0 Å². The molecule has 0 aliphatic carbocycles. The summed E-state index contributed by atoms with van der Waals surface area (Å²) < 4.78 is 4.87. The topological polar surface area (TPSA) is 53.1 Å². The number of fused-ring (bicyclic) bond motifs is 1. The van der Waals surface area contributed by atoms with Gasteiger partial charge in [-0.3, -0.25) is 4.79 Å². The first-order chi connectivity index (χ1) is 13.2. The number of hydrogen-bond acceptors (Lipinski definition) is 4. The average Bonchev–Trinajstić information content (AvgIpc) is 2.87. The fraction of sp³-hybridized carbons (Fsp3) is 0.619. The molecule has 4 rings (SSSR count). The molecule has 0 N–H and O–H groups in total. The van der Waals surface area contributed by atoms with E-state index in [1.165, 1.54) is 7.11 Å². The van der Waals surface area contributed by atoms with E-state index in [0.29, 0.717) is 18.5 Å². The Bertz CT molecular complexity index is 700. The SMILES string of the molecule is COC(=O)N1CCCC(N2CCC(N3C(=O)Cc4ccccc43)CC2)CC1. The average molecular weight is 371 g/mol. The Hall–Kier alpha value is -2.08. The normalized spacial score (nSPS) is 24.6. The quantitative estimate of drug-likeness (QED) is 0.802. The molecule has 27 heavy (non-hydrogen) atoms. The lowest BCUT2D eigenvalue weighted by Crippen LogP contribution is -2.49. The second-order valence-corrected chi connectivity index (χ2v) is 7.88. The van der Waals surface area contributed by atoms with Crippen molar-refractivity contribution in [2.24, 2.45) is 0 Å². The van der Waals surface area contributed by atoms with Crippen molar-refractivity contribution in [3.05, 3.63) is 29.8 Å². The molecular weight excluding hydrogens is 342 g/mol. The molecule has 3 aliphatic rings. The van der Waals surface area contributed by atoms with Gasteiger partial charge in [-0.15, -0.1) is 0 Å². The molecule has 6 nitrogen and oxygen atoms in total. The van der Waals surface area contributed by atoms with Crippen LogP contribution in [0.2, 0.25) is 0 Å². The number of anilines is 1. The number of likely N-dealkylation sites (tertiary alicyclic amines) is 2. The van der Waals surface area contributed by atoms with Crippen molar-refractivity contribution in [1.29, 1.82) is 0 Å². The van der Waals surface area contributed by atoms with Gasteiger partial charge in [0.2, 0.25) is 5.91 Å². The summed E-state index contributed by atoms with van der Waals surface area (Å²) in [6.45, 7) is 3.62. The zero-order chi connectivity index (χ0) is 18.8. The highest BCUT2D eigenvalue weighted by atomic mass is 16.5. The van der Waals surface area contributed by atoms with Crippen LogP contribution in [0.3, 0.4) is 0 Å². The minimum atomic E-state index is -0.208. The van der Waals surface area contributed by atoms with Gasteiger partial charge in [-0.1, -0.05) is 18.2 Å². The van der Waals surface area contributed by atoms with Crippen LogP contribution in [-0.4, -0.2) is 67.2 Å². The molecule has 0 saturated carbocycles. The summed E-state index contributed by atoms with van der Waals surface area (Å²) in [6, 6.07) is 9.04. The van der Waals surface area contributed by atoms with Crippen LogP contribution >= 0.6 is 0 Å². The van der Waals surface area contributed by atoms with Gasteiger partial charge in [-0.25, -0.2) is 4.79 Å². The van der Waals surface area contributed by atoms with Crippen molar-refractivity contribution in [3.63, 3.8) is 0 Å². The first-order valence-electron chi connectivity index (χ1n) is 10.1. The molecule has 1 unspecified atom stereocenters. The number of rotatable bonds is 2. The predicted octanol–water partition coefficient (Wildman–Crippen LogP) is 2.66. The molecule has 2 fully saturated rings. The Morgan fingerprint density at radius 1 is 1.00 bits per heavy atom. The second-order valence-electron chi connectivity index (χ2n) is 7.88. The van der Waals surface area contributed by atoms with E-state index < -0.39 is 0 Å². The van der Waals surface area contributed by atoms with Gasteiger partial charge in [0.15, 0.2) is 0 Å². The third-order valence-corrected chi connectivity index (χ3v) is 6.37. The van der Waals surface area contributed by atoms with Gasteiger partial charge in [0.05, 0.1) is 13.5 Å². The lowest BCUT2D eigenvalue weighted by molar-refractivity contribution is -0.118. The molecule has 2 saturated heterocycles. The van der Waals surface area contributed by atoms with Gasteiger partial charge in [0, 0.05) is 44.0 Å². The fourth-order valence-corrected chi connectivity index (χ4v) is 4.94. The highest BCUT2D eigenvalue weighted by Gasteiger charge is 2.36. The van der Waals surface area contributed by atoms with E-state index in [1.807, 2.05) is 17.0 Å². The van der Waals surface area contributed by atoms with Crippen molar-refractivity contribution in [1.82, 2.24) is 9.80 Å². The third-order valence-electron chi connectivity index (χ3n) is 6.37. The lowest BCUT2D eigenvalue weighted by Gasteiger charge is -2.40. The molecule has 2 amide bonds. The zero-order valence-corrected chi connectivity index (χ0v) is 16.1. The summed E-state index contributed by atoms with van der Waals surface area (Å²) in [5.41, 5.74) is 2.28. The van der Waals surface area contributed by atoms with E-state index in [-0.39, 0.29) is 12.0 Å². The molecule has 1 atom stereocenters. The first kappa shape index (κ1) is 18.3. The van der Waals surface area contributed by atoms with Crippen LogP contribution in [-0.2, 0) is 16.0 Å². The van der Waals surface area contributed by atoms with E-state index in [1.54, 1.807) is 0 Å². The number of benzene rings is 1. The molecule has 146 valence electrons. The molecule has 1 aromatic carbocycles. The Morgan fingerprint density at radius 3 is 2.52 bits per heavy atom. The van der Waals surface area contributed by atoms with E-state index in [9.17, 15) is 9.59 Å². The van der Waals surface area contributed by atoms with Crippen molar-refractivity contribution in [2.75, 3.05) is 38.2 Å². The largest absolute Gasteiger partial charge is 0.453 e. The van der Waals surface area contributed by atoms with Gasteiger partial charge in [-0.05, 0) is 43.7 Å². The van der Waals surface area contributed by atoms with Gasteiger partial charge in [-0.2, -0.15) is 0 Å². The number of methoxy groups -OCH3 is 1. The maximum Gasteiger partial charge on any atom is 0.409 e. The first-order valence-corrected chi connectivity index (χ1v) is 10.1.